The van der Waals surface area contributed by atoms with Gasteiger partial charge in [-0.05, 0) is 51.3 Å². The Kier molecular flexibility index (Phi) is 6.50. The highest BCUT2D eigenvalue weighted by molar-refractivity contribution is 7.89. The van der Waals surface area contributed by atoms with Gasteiger partial charge in [-0.3, -0.25) is 4.90 Å². The Bertz CT molecular complexity index is 1110. The van der Waals surface area contributed by atoms with E-state index in [4.69, 9.17) is 4.52 Å². The zero-order valence-electron chi connectivity index (χ0n) is 17.9. The average Bonchev–Trinajstić information content (AvgIpc) is 3.22. The molecule has 4 rings (SSSR count). The first-order chi connectivity index (χ1) is 14.9. The van der Waals surface area contributed by atoms with Crippen LogP contribution in [0.5, 0.6) is 0 Å². The molecule has 0 spiro atoms. The molecule has 2 heterocycles. The predicted molar refractivity (Wildman–Crippen MR) is 119 cm³/mol. The lowest BCUT2D eigenvalue weighted by Crippen LogP contribution is -2.40. The molecule has 3 aromatic rings. The second kappa shape index (κ2) is 9.30. The summed E-state index contributed by atoms with van der Waals surface area (Å²) in [4.78, 5) is 7.09. The Morgan fingerprint density at radius 3 is 2.45 bits per heavy atom. The monoisotopic (exact) mass is 440 g/mol. The van der Waals surface area contributed by atoms with E-state index < -0.39 is 10.0 Å². The van der Waals surface area contributed by atoms with Crippen molar-refractivity contribution in [3.8, 4) is 11.4 Å². The highest BCUT2D eigenvalue weighted by Crippen LogP contribution is 2.21. The lowest BCUT2D eigenvalue weighted by molar-refractivity contribution is 0.151. The van der Waals surface area contributed by atoms with Gasteiger partial charge in [0.25, 0.3) is 0 Å². The van der Waals surface area contributed by atoms with E-state index in [1.807, 2.05) is 50.2 Å². The van der Waals surface area contributed by atoms with Crippen LogP contribution in [0.25, 0.3) is 11.4 Å². The van der Waals surface area contributed by atoms with Crippen molar-refractivity contribution in [2.24, 2.45) is 5.92 Å². The molecule has 31 heavy (non-hydrogen) atoms. The van der Waals surface area contributed by atoms with Gasteiger partial charge in [-0.25, -0.2) is 13.1 Å². The summed E-state index contributed by atoms with van der Waals surface area (Å²) in [6.45, 7) is 6.69. The molecule has 8 heteroatoms. The van der Waals surface area contributed by atoms with Gasteiger partial charge in [-0.2, -0.15) is 4.98 Å². The number of aromatic nitrogens is 2. The van der Waals surface area contributed by atoms with Crippen LogP contribution in [0.3, 0.4) is 0 Å². The molecule has 1 aromatic heterocycles. The first-order valence-corrected chi connectivity index (χ1v) is 12.1. The van der Waals surface area contributed by atoms with Crippen molar-refractivity contribution in [2.75, 3.05) is 19.6 Å². The standard InChI is InChI=1S/C23H28N4O3S/c1-17-5-9-20(10-6-17)23-25-22(30-26-23)16-27-13-3-4-19(15-27)14-24-31(28,29)21-11-7-18(2)8-12-21/h5-12,19,24H,3-4,13-16H2,1-2H3. The van der Waals surface area contributed by atoms with Crippen LogP contribution in [0.4, 0.5) is 0 Å². The molecule has 1 saturated heterocycles. The van der Waals surface area contributed by atoms with Gasteiger partial charge in [0, 0.05) is 18.7 Å². The molecule has 0 bridgehead atoms. The molecular weight excluding hydrogens is 412 g/mol. The smallest absolute Gasteiger partial charge is 0.241 e. The molecule has 1 unspecified atom stereocenters. The van der Waals surface area contributed by atoms with Crippen molar-refractivity contribution in [2.45, 2.75) is 38.1 Å². The fourth-order valence-corrected chi connectivity index (χ4v) is 4.94. The Morgan fingerprint density at radius 2 is 1.74 bits per heavy atom. The van der Waals surface area contributed by atoms with E-state index in [9.17, 15) is 8.42 Å². The van der Waals surface area contributed by atoms with Crippen molar-refractivity contribution < 1.29 is 12.9 Å². The number of aryl methyl sites for hydroxylation is 2. The van der Waals surface area contributed by atoms with E-state index in [-0.39, 0.29) is 5.92 Å². The van der Waals surface area contributed by atoms with Gasteiger partial charge in [0.15, 0.2) is 0 Å². The van der Waals surface area contributed by atoms with Gasteiger partial charge in [0.1, 0.15) is 0 Å². The lowest BCUT2D eigenvalue weighted by Gasteiger charge is -2.31. The number of nitrogens with zero attached hydrogens (tertiary/aromatic N) is 3. The van der Waals surface area contributed by atoms with Gasteiger partial charge in [0.2, 0.25) is 21.7 Å². The fraction of sp³-hybridized carbons (Fsp3) is 0.391. The Morgan fingerprint density at radius 1 is 1.06 bits per heavy atom. The topological polar surface area (TPSA) is 88.3 Å². The molecule has 2 aromatic carbocycles. The Hall–Kier alpha value is -2.55. The van der Waals surface area contributed by atoms with Crippen LogP contribution in [-0.2, 0) is 16.6 Å². The number of likely N-dealkylation sites (tertiary alicyclic amines) is 1. The number of piperidine rings is 1. The highest BCUT2D eigenvalue weighted by atomic mass is 32.2. The van der Waals surface area contributed by atoms with Crippen LogP contribution in [-0.4, -0.2) is 43.1 Å². The normalized spacial score (nSPS) is 17.7. The third-order valence-electron chi connectivity index (χ3n) is 5.63. The van der Waals surface area contributed by atoms with Crippen LogP contribution in [0.2, 0.25) is 0 Å². The SMILES string of the molecule is Cc1ccc(-c2noc(CN3CCCC(CNS(=O)(=O)c4ccc(C)cc4)C3)n2)cc1. The lowest BCUT2D eigenvalue weighted by atomic mass is 9.98. The highest BCUT2D eigenvalue weighted by Gasteiger charge is 2.24. The van der Waals surface area contributed by atoms with Gasteiger partial charge >= 0.3 is 0 Å². The summed E-state index contributed by atoms with van der Waals surface area (Å²) in [6.07, 6.45) is 2.00. The molecule has 7 nitrogen and oxygen atoms in total. The molecule has 1 aliphatic heterocycles. The van der Waals surface area contributed by atoms with E-state index in [1.54, 1.807) is 12.1 Å². The van der Waals surface area contributed by atoms with E-state index in [0.717, 1.165) is 37.1 Å². The zero-order chi connectivity index (χ0) is 21.8. The summed E-state index contributed by atoms with van der Waals surface area (Å²) in [5.74, 6) is 1.42. The van der Waals surface area contributed by atoms with Crippen molar-refractivity contribution >= 4 is 10.0 Å². The number of nitrogens with one attached hydrogen (secondary N) is 1. The quantitative estimate of drug-likeness (QED) is 0.605. The van der Waals surface area contributed by atoms with Crippen LogP contribution in [0.1, 0.15) is 29.9 Å². The second-order valence-corrected chi connectivity index (χ2v) is 10.1. The number of sulfonamides is 1. The molecule has 1 fully saturated rings. The molecule has 164 valence electrons. The fourth-order valence-electron chi connectivity index (χ4n) is 3.82. The molecule has 1 aliphatic rings. The van der Waals surface area contributed by atoms with Crippen LogP contribution in [0, 0.1) is 19.8 Å². The summed E-state index contributed by atoms with van der Waals surface area (Å²) in [6, 6.07) is 14.9. The molecule has 0 saturated carbocycles. The molecule has 0 radical (unpaired) electrons. The molecule has 1 N–H and O–H groups in total. The Balaban J connectivity index is 1.32. The minimum Gasteiger partial charge on any atom is -0.338 e. The maximum absolute atomic E-state index is 12.6. The van der Waals surface area contributed by atoms with Crippen molar-refractivity contribution in [1.82, 2.24) is 19.8 Å². The first kappa shape index (κ1) is 21.7. The number of hydrogen-bond donors (Lipinski definition) is 1. The third-order valence-corrected chi connectivity index (χ3v) is 7.07. The van der Waals surface area contributed by atoms with E-state index in [0.29, 0.717) is 29.7 Å². The summed E-state index contributed by atoms with van der Waals surface area (Å²) < 4.78 is 33.3. The molecule has 0 aliphatic carbocycles. The van der Waals surface area contributed by atoms with Gasteiger partial charge < -0.3 is 4.52 Å². The van der Waals surface area contributed by atoms with Crippen molar-refractivity contribution in [1.29, 1.82) is 0 Å². The van der Waals surface area contributed by atoms with Crippen molar-refractivity contribution in [3.63, 3.8) is 0 Å². The zero-order valence-corrected chi connectivity index (χ0v) is 18.7. The van der Waals surface area contributed by atoms with E-state index >= 15 is 0 Å². The number of rotatable bonds is 7. The predicted octanol–water partition coefficient (Wildman–Crippen LogP) is 3.54. The van der Waals surface area contributed by atoms with Crippen LogP contribution < -0.4 is 4.72 Å². The van der Waals surface area contributed by atoms with Gasteiger partial charge in [0.05, 0.1) is 11.4 Å². The summed E-state index contributed by atoms with van der Waals surface area (Å²) in [7, 11) is -3.49. The van der Waals surface area contributed by atoms with E-state index in [1.165, 1.54) is 5.56 Å². The Labute approximate surface area is 183 Å². The molecule has 1 atom stereocenters. The minimum absolute atomic E-state index is 0.244. The number of benzene rings is 2. The maximum Gasteiger partial charge on any atom is 0.241 e. The second-order valence-electron chi connectivity index (χ2n) is 8.29. The van der Waals surface area contributed by atoms with Crippen molar-refractivity contribution in [3.05, 3.63) is 65.5 Å². The average molecular weight is 441 g/mol. The summed E-state index contributed by atoms with van der Waals surface area (Å²) >= 11 is 0. The van der Waals surface area contributed by atoms with Gasteiger partial charge in [-0.15, -0.1) is 0 Å². The maximum atomic E-state index is 12.6. The molecular formula is C23H28N4O3S. The first-order valence-electron chi connectivity index (χ1n) is 10.6. The largest absolute Gasteiger partial charge is 0.338 e. The third kappa shape index (κ3) is 5.58. The van der Waals surface area contributed by atoms with Crippen LogP contribution in [0.15, 0.2) is 57.9 Å². The molecule has 0 amide bonds. The summed E-state index contributed by atoms with van der Waals surface area (Å²) in [5, 5.41) is 4.10. The summed E-state index contributed by atoms with van der Waals surface area (Å²) in [5.41, 5.74) is 3.15. The van der Waals surface area contributed by atoms with E-state index in [2.05, 4.69) is 19.8 Å². The minimum atomic E-state index is -3.49. The van der Waals surface area contributed by atoms with Gasteiger partial charge in [-0.1, -0.05) is 52.7 Å². The van der Waals surface area contributed by atoms with Crippen LogP contribution >= 0.6 is 0 Å². The number of hydrogen-bond acceptors (Lipinski definition) is 6.